The molecule has 3 rings (SSSR count). The number of hydrogen-bond acceptors (Lipinski definition) is 6. The first-order chi connectivity index (χ1) is 14.4. The number of hydrogen-bond donors (Lipinski definition) is 1. The van der Waals surface area contributed by atoms with Crippen LogP contribution >= 0.6 is 0 Å². The molecule has 1 saturated heterocycles. The van der Waals surface area contributed by atoms with Crippen LogP contribution in [0.15, 0.2) is 0 Å². The molecule has 0 atom stereocenters. The highest BCUT2D eigenvalue weighted by Crippen LogP contribution is 2.29. The van der Waals surface area contributed by atoms with E-state index in [0.29, 0.717) is 30.8 Å². The lowest BCUT2D eigenvalue weighted by Crippen LogP contribution is -2.42. The second-order valence-corrected chi connectivity index (χ2v) is 9.71. The first-order valence-electron chi connectivity index (χ1n) is 10.3. The number of halogens is 2. The number of pyridine rings is 1. The van der Waals surface area contributed by atoms with E-state index in [1.165, 1.54) is 0 Å². The van der Waals surface area contributed by atoms with Gasteiger partial charge in [-0.3, -0.25) is 0 Å². The molecule has 0 saturated carbocycles. The van der Waals surface area contributed by atoms with Gasteiger partial charge in [-0.1, -0.05) is 12.8 Å². The molecule has 0 unspecified atom stereocenters. The van der Waals surface area contributed by atoms with Gasteiger partial charge in [0.1, 0.15) is 23.5 Å². The Bertz CT molecular complexity index is 961. The number of anilines is 1. The summed E-state index contributed by atoms with van der Waals surface area (Å²) in [4.78, 5) is 4.67. The monoisotopic (exact) mass is 437 g/mol. The lowest BCUT2D eigenvalue weighted by atomic mass is 9.91. The zero-order valence-electron chi connectivity index (χ0n) is 16.7. The van der Waals surface area contributed by atoms with Gasteiger partial charge < -0.3 is 5.32 Å². The average Bonchev–Trinajstić information content (AvgIpc) is 2.72. The second kappa shape index (κ2) is 9.67. The number of piperidine rings is 1. The molecule has 10 heteroatoms. The highest BCUT2D eigenvalue weighted by Gasteiger charge is 2.34. The number of nitrogens with zero attached hydrogens (tertiary/aromatic N) is 4. The predicted octanol–water partition coefficient (Wildman–Crippen LogP) is 3.16. The third-order valence-corrected chi connectivity index (χ3v) is 7.45. The van der Waals surface area contributed by atoms with Crippen LogP contribution in [0.3, 0.4) is 0 Å². The van der Waals surface area contributed by atoms with Crippen molar-refractivity contribution >= 4 is 15.8 Å². The molecule has 0 spiro atoms. The maximum Gasteiger partial charge on any atom is 0.350 e. The third-order valence-electron chi connectivity index (χ3n) is 5.91. The van der Waals surface area contributed by atoms with Crippen molar-refractivity contribution in [2.75, 3.05) is 25.0 Å². The largest absolute Gasteiger partial charge is 0.369 e. The Morgan fingerprint density at radius 3 is 2.30 bits per heavy atom. The molecule has 0 aromatic carbocycles. The number of alkyl halides is 2. The standard InChI is InChI=1S/C20H25F2N5O2S/c21-20(22)30(28,29)27-9-7-14(8-10-27)13-25-19-17(12-24)16(11-23)15-5-3-1-2-4-6-18(15)26-19/h14,20H,1-10,13H2,(H,25,26). The zero-order valence-corrected chi connectivity index (χ0v) is 17.5. The highest BCUT2D eigenvalue weighted by atomic mass is 32.2. The minimum Gasteiger partial charge on any atom is -0.369 e. The van der Waals surface area contributed by atoms with Gasteiger partial charge >= 0.3 is 5.76 Å². The normalized spacial score (nSPS) is 18.7. The van der Waals surface area contributed by atoms with Gasteiger partial charge in [-0.05, 0) is 50.0 Å². The van der Waals surface area contributed by atoms with E-state index in [4.69, 9.17) is 0 Å². The molecule has 0 amide bonds. The van der Waals surface area contributed by atoms with E-state index >= 15 is 0 Å². The van der Waals surface area contributed by atoms with Gasteiger partial charge in [-0.25, -0.2) is 13.4 Å². The molecule has 0 radical (unpaired) electrons. The Kier molecular flexibility index (Phi) is 7.22. The molecule has 30 heavy (non-hydrogen) atoms. The minimum absolute atomic E-state index is 0.0468. The van der Waals surface area contributed by atoms with Gasteiger partial charge in [-0.2, -0.15) is 23.6 Å². The molecule has 1 aliphatic carbocycles. The van der Waals surface area contributed by atoms with Crippen molar-refractivity contribution in [3.05, 3.63) is 22.4 Å². The molecule has 2 aliphatic rings. The summed E-state index contributed by atoms with van der Waals surface area (Å²) in [5.74, 6) is -2.95. The molecule has 0 bridgehead atoms. The van der Waals surface area contributed by atoms with Gasteiger partial charge in [0.25, 0.3) is 10.0 Å². The molecule has 1 aromatic heterocycles. The lowest BCUT2D eigenvalue weighted by Gasteiger charge is -2.31. The molecule has 2 heterocycles. The summed E-state index contributed by atoms with van der Waals surface area (Å²) in [5.41, 5.74) is 2.38. The van der Waals surface area contributed by atoms with E-state index in [1.807, 2.05) is 0 Å². The number of sulfonamides is 1. The lowest BCUT2D eigenvalue weighted by molar-refractivity contribution is 0.205. The summed E-state index contributed by atoms with van der Waals surface area (Å²) in [5, 5.41) is 22.5. The van der Waals surface area contributed by atoms with Crippen LogP contribution in [0.1, 0.15) is 60.9 Å². The molecule has 1 aliphatic heterocycles. The Morgan fingerprint density at radius 1 is 1.07 bits per heavy atom. The van der Waals surface area contributed by atoms with Crippen LogP contribution in [0.4, 0.5) is 14.6 Å². The number of nitrogens with one attached hydrogen (secondary N) is 1. The molecule has 1 N–H and O–H groups in total. The van der Waals surface area contributed by atoms with Crippen molar-refractivity contribution in [3.8, 4) is 12.1 Å². The van der Waals surface area contributed by atoms with E-state index in [0.717, 1.165) is 54.1 Å². The Labute approximate surface area is 175 Å². The quantitative estimate of drug-likeness (QED) is 0.758. The van der Waals surface area contributed by atoms with Gasteiger partial charge in [0.05, 0.1) is 5.56 Å². The zero-order chi connectivity index (χ0) is 21.7. The van der Waals surface area contributed by atoms with E-state index in [2.05, 4.69) is 22.4 Å². The van der Waals surface area contributed by atoms with Crippen molar-refractivity contribution in [3.63, 3.8) is 0 Å². The summed E-state index contributed by atoms with van der Waals surface area (Å²) in [6, 6.07) is 4.30. The first kappa shape index (κ1) is 22.4. The van der Waals surface area contributed by atoms with Gasteiger partial charge in [-0.15, -0.1) is 0 Å². The molecule has 7 nitrogen and oxygen atoms in total. The van der Waals surface area contributed by atoms with Crippen LogP contribution in [0.2, 0.25) is 0 Å². The van der Waals surface area contributed by atoms with Crippen LogP contribution < -0.4 is 5.32 Å². The van der Waals surface area contributed by atoms with Gasteiger partial charge in [0, 0.05) is 25.3 Å². The number of fused-ring (bicyclic) bond motifs is 1. The highest BCUT2D eigenvalue weighted by molar-refractivity contribution is 7.89. The molecule has 162 valence electrons. The smallest absolute Gasteiger partial charge is 0.350 e. The summed E-state index contributed by atoms with van der Waals surface area (Å²) in [7, 11) is -4.54. The van der Waals surface area contributed by atoms with Gasteiger partial charge in [0.15, 0.2) is 0 Å². The number of aryl methyl sites for hydroxylation is 1. The van der Waals surface area contributed by atoms with E-state index in [1.54, 1.807) is 0 Å². The fourth-order valence-electron chi connectivity index (χ4n) is 4.18. The van der Waals surface area contributed by atoms with Crippen LogP contribution in [0.25, 0.3) is 0 Å². The number of nitriles is 2. The summed E-state index contributed by atoms with van der Waals surface area (Å²) in [6.07, 6.45) is 6.59. The molecule has 1 fully saturated rings. The van der Waals surface area contributed by atoms with E-state index in [-0.39, 0.29) is 24.6 Å². The van der Waals surface area contributed by atoms with Crippen molar-refractivity contribution in [2.24, 2.45) is 5.92 Å². The fourth-order valence-corrected chi connectivity index (χ4v) is 5.12. The number of aromatic nitrogens is 1. The van der Waals surface area contributed by atoms with Crippen LogP contribution in [-0.4, -0.2) is 43.1 Å². The van der Waals surface area contributed by atoms with Crippen LogP contribution in [0, 0.1) is 28.6 Å². The Balaban J connectivity index is 1.72. The molecular formula is C20H25F2N5O2S. The predicted molar refractivity (Wildman–Crippen MR) is 107 cm³/mol. The number of rotatable bonds is 5. The maximum atomic E-state index is 12.7. The van der Waals surface area contributed by atoms with Gasteiger partial charge in [0.2, 0.25) is 0 Å². The van der Waals surface area contributed by atoms with Crippen LogP contribution in [-0.2, 0) is 22.9 Å². The first-order valence-corrected chi connectivity index (χ1v) is 11.8. The fraction of sp³-hybridized carbons (Fsp3) is 0.650. The van der Waals surface area contributed by atoms with E-state index < -0.39 is 15.8 Å². The van der Waals surface area contributed by atoms with Crippen molar-refractivity contribution < 1.29 is 17.2 Å². The summed E-state index contributed by atoms with van der Waals surface area (Å²) in [6.45, 7) is 0.532. The average molecular weight is 438 g/mol. The van der Waals surface area contributed by atoms with Crippen molar-refractivity contribution in [1.82, 2.24) is 9.29 Å². The van der Waals surface area contributed by atoms with E-state index in [9.17, 15) is 27.7 Å². The summed E-state index contributed by atoms with van der Waals surface area (Å²) >= 11 is 0. The maximum absolute atomic E-state index is 12.7. The summed E-state index contributed by atoms with van der Waals surface area (Å²) < 4.78 is 49.4. The SMILES string of the molecule is N#Cc1c(NCC2CCN(S(=O)(=O)C(F)F)CC2)nc2c(c1C#N)CCCCCC2. The second-order valence-electron chi connectivity index (χ2n) is 7.80. The molecular weight excluding hydrogens is 412 g/mol. The Morgan fingerprint density at radius 2 is 1.70 bits per heavy atom. The third kappa shape index (κ3) is 4.71. The van der Waals surface area contributed by atoms with Crippen LogP contribution in [0.5, 0.6) is 0 Å². The van der Waals surface area contributed by atoms with Crippen molar-refractivity contribution in [2.45, 2.75) is 57.1 Å². The topological polar surface area (TPSA) is 110 Å². The molecule has 1 aromatic rings. The minimum atomic E-state index is -4.54. The van der Waals surface area contributed by atoms with Crippen molar-refractivity contribution in [1.29, 1.82) is 10.5 Å². The Hall–Kier alpha value is -2.30.